The minimum atomic E-state index is -1.69. The van der Waals surface area contributed by atoms with Gasteiger partial charge in [-0.15, -0.1) is 0 Å². The summed E-state index contributed by atoms with van der Waals surface area (Å²) < 4.78 is 12.9. The van der Waals surface area contributed by atoms with Crippen LogP contribution < -0.4 is 8.85 Å². The molecule has 0 saturated carbocycles. The van der Waals surface area contributed by atoms with E-state index in [2.05, 4.69) is 93.0 Å². The second-order valence-electron chi connectivity index (χ2n) is 10.8. The molecule has 0 spiro atoms. The van der Waals surface area contributed by atoms with Crippen LogP contribution in [0.25, 0.3) is 0 Å². The van der Waals surface area contributed by atoms with Crippen molar-refractivity contribution in [3.05, 3.63) is 23.3 Å². The molecule has 1 aromatic rings. The summed E-state index contributed by atoms with van der Waals surface area (Å²) in [5.74, 6) is 2.07. The van der Waals surface area contributed by atoms with Crippen molar-refractivity contribution in [1.82, 2.24) is 0 Å². The molecule has 0 N–H and O–H groups in total. The van der Waals surface area contributed by atoms with Crippen molar-refractivity contribution >= 4 is 16.6 Å². The molecular formula is C20H38O2Si2. The maximum absolute atomic E-state index is 6.47. The average molecular weight is 367 g/mol. The first-order valence-corrected chi connectivity index (χ1v) is 15.8. The van der Waals surface area contributed by atoms with E-state index in [1.165, 1.54) is 11.1 Å². The SMILES string of the molecule is CC(C)(C)c1cc(O[Si](C)(C)C)c(C(C)(C)C)cc1O[Si](C)(C)C. The summed E-state index contributed by atoms with van der Waals surface area (Å²) in [4.78, 5) is 0. The minimum Gasteiger partial charge on any atom is -0.544 e. The average Bonchev–Trinajstić information content (AvgIpc) is 2.23. The summed E-state index contributed by atoms with van der Waals surface area (Å²) in [6.45, 7) is 26.9. The molecule has 0 aliphatic rings. The second kappa shape index (κ2) is 6.52. The molecule has 24 heavy (non-hydrogen) atoms. The van der Waals surface area contributed by atoms with Crippen LogP contribution in [0.5, 0.6) is 11.5 Å². The van der Waals surface area contributed by atoms with Crippen molar-refractivity contribution in [1.29, 1.82) is 0 Å². The van der Waals surface area contributed by atoms with Crippen LogP contribution >= 0.6 is 0 Å². The predicted octanol–water partition coefficient (Wildman–Crippen LogP) is 6.71. The Labute approximate surface area is 152 Å². The van der Waals surface area contributed by atoms with E-state index in [0.29, 0.717) is 0 Å². The first kappa shape index (κ1) is 21.3. The summed E-state index contributed by atoms with van der Waals surface area (Å²) in [5, 5.41) is 0. The van der Waals surface area contributed by atoms with E-state index in [4.69, 9.17) is 8.85 Å². The van der Waals surface area contributed by atoms with Crippen LogP contribution in [0.3, 0.4) is 0 Å². The zero-order valence-corrected chi connectivity index (χ0v) is 20.0. The Hall–Kier alpha value is -0.746. The summed E-state index contributed by atoms with van der Waals surface area (Å²) >= 11 is 0. The van der Waals surface area contributed by atoms with Gasteiger partial charge in [0.1, 0.15) is 11.5 Å². The predicted molar refractivity (Wildman–Crippen MR) is 112 cm³/mol. The Morgan fingerprint density at radius 2 is 0.833 bits per heavy atom. The van der Waals surface area contributed by atoms with Gasteiger partial charge >= 0.3 is 0 Å². The van der Waals surface area contributed by atoms with Crippen LogP contribution in [0.2, 0.25) is 39.3 Å². The van der Waals surface area contributed by atoms with E-state index in [1.54, 1.807) is 0 Å². The lowest BCUT2D eigenvalue weighted by Gasteiger charge is -2.33. The molecule has 0 radical (unpaired) electrons. The van der Waals surface area contributed by atoms with Gasteiger partial charge in [0, 0.05) is 11.1 Å². The van der Waals surface area contributed by atoms with Crippen LogP contribution in [-0.4, -0.2) is 16.6 Å². The van der Waals surface area contributed by atoms with Gasteiger partial charge in [0.05, 0.1) is 0 Å². The third kappa shape index (κ3) is 6.28. The highest BCUT2D eigenvalue weighted by Gasteiger charge is 2.30. The van der Waals surface area contributed by atoms with Crippen LogP contribution in [0.4, 0.5) is 0 Å². The molecule has 0 unspecified atom stereocenters. The Kier molecular flexibility index (Phi) is 5.79. The van der Waals surface area contributed by atoms with Gasteiger partial charge in [-0.3, -0.25) is 0 Å². The topological polar surface area (TPSA) is 18.5 Å². The van der Waals surface area contributed by atoms with E-state index < -0.39 is 16.6 Å². The molecular weight excluding hydrogens is 328 g/mol. The molecule has 0 aromatic heterocycles. The summed E-state index contributed by atoms with van der Waals surface area (Å²) in [7, 11) is -3.37. The van der Waals surface area contributed by atoms with Crippen molar-refractivity contribution in [3.8, 4) is 11.5 Å². The molecule has 4 heteroatoms. The van der Waals surface area contributed by atoms with Crippen molar-refractivity contribution in [2.45, 2.75) is 91.7 Å². The highest BCUT2D eigenvalue weighted by Crippen LogP contribution is 2.42. The second-order valence-corrected chi connectivity index (χ2v) is 19.6. The summed E-state index contributed by atoms with van der Waals surface area (Å²) in [6, 6.07) is 4.49. The molecule has 0 saturated heterocycles. The zero-order valence-electron chi connectivity index (χ0n) is 18.0. The van der Waals surface area contributed by atoms with E-state index >= 15 is 0 Å². The maximum Gasteiger partial charge on any atom is 0.242 e. The first-order chi connectivity index (χ1) is 10.4. The quantitative estimate of drug-likeness (QED) is 0.551. The van der Waals surface area contributed by atoms with Gasteiger partial charge in [0.2, 0.25) is 16.6 Å². The van der Waals surface area contributed by atoms with Gasteiger partial charge in [0.15, 0.2) is 0 Å². The van der Waals surface area contributed by atoms with Crippen LogP contribution in [0.1, 0.15) is 52.7 Å². The maximum atomic E-state index is 6.47. The van der Waals surface area contributed by atoms with Crippen molar-refractivity contribution in [2.24, 2.45) is 0 Å². The molecule has 0 atom stereocenters. The fourth-order valence-corrected chi connectivity index (χ4v) is 4.22. The third-order valence-corrected chi connectivity index (χ3v) is 5.19. The monoisotopic (exact) mass is 366 g/mol. The Balaban J connectivity index is 3.66. The molecule has 138 valence electrons. The van der Waals surface area contributed by atoms with E-state index in [9.17, 15) is 0 Å². The van der Waals surface area contributed by atoms with E-state index in [0.717, 1.165) is 11.5 Å². The largest absolute Gasteiger partial charge is 0.544 e. The molecule has 0 fully saturated rings. The highest BCUT2D eigenvalue weighted by molar-refractivity contribution is 6.70. The number of hydrogen-bond acceptors (Lipinski definition) is 2. The smallest absolute Gasteiger partial charge is 0.242 e. The summed E-state index contributed by atoms with van der Waals surface area (Å²) in [6.07, 6.45) is 0. The number of benzene rings is 1. The fourth-order valence-electron chi connectivity index (χ4n) is 2.56. The van der Waals surface area contributed by atoms with Gasteiger partial charge in [-0.2, -0.15) is 0 Å². The van der Waals surface area contributed by atoms with Gasteiger partial charge < -0.3 is 8.85 Å². The lowest BCUT2D eigenvalue weighted by molar-refractivity contribution is 0.477. The lowest BCUT2D eigenvalue weighted by Crippen LogP contribution is -2.33. The Morgan fingerprint density at radius 1 is 0.583 bits per heavy atom. The molecule has 0 bridgehead atoms. The van der Waals surface area contributed by atoms with Crippen molar-refractivity contribution in [3.63, 3.8) is 0 Å². The van der Waals surface area contributed by atoms with Crippen LogP contribution in [0.15, 0.2) is 12.1 Å². The minimum absolute atomic E-state index is 0.0168. The molecule has 2 nitrogen and oxygen atoms in total. The molecule has 1 aromatic carbocycles. The molecule has 1 rings (SSSR count). The first-order valence-electron chi connectivity index (χ1n) is 8.97. The Bertz CT molecular complexity index is 526. The highest BCUT2D eigenvalue weighted by atomic mass is 28.4. The Morgan fingerprint density at radius 3 is 1.00 bits per heavy atom. The third-order valence-electron chi connectivity index (χ3n) is 3.53. The fraction of sp³-hybridized carbons (Fsp3) is 0.700. The normalized spacial score (nSPS) is 13.8. The number of rotatable bonds is 4. The van der Waals surface area contributed by atoms with Crippen molar-refractivity contribution < 1.29 is 8.85 Å². The standard InChI is InChI=1S/C20H38O2Si2/c1-19(2,3)15-13-18(22-24(10,11)12)16(20(4,5)6)14-17(15)21-23(7,8)9/h13-14H,1-12H3. The van der Waals surface area contributed by atoms with Gasteiger partial charge in [-0.25, -0.2) is 0 Å². The van der Waals surface area contributed by atoms with E-state index in [1.807, 2.05) is 0 Å². The van der Waals surface area contributed by atoms with Gasteiger partial charge in [-0.1, -0.05) is 41.5 Å². The van der Waals surface area contributed by atoms with Gasteiger partial charge in [0.25, 0.3) is 0 Å². The number of hydrogen-bond donors (Lipinski definition) is 0. The van der Waals surface area contributed by atoms with Crippen molar-refractivity contribution in [2.75, 3.05) is 0 Å². The molecule has 0 heterocycles. The van der Waals surface area contributed by atoms with Crippen LogP contribution in [-0.2, 0) is 10.8 Å². The zero-order chi connectivity index (χ0) is 19.1. The van der Waals surface area contributed by atoms with Crippen LogP contribution in [0, 0.1) is 0 Å². The molecule has 0 aliphatic heterocycles. The lowest BCUT2D eigenvalue weighted by atomic mass is 9.81. The molecule has 0 amide bonds. The summed E-state index contributed by atoms with van der Waals surface area (Å²) in [5.41, 5.74) is 2.52. The molecule has 0 aliphatic carbocycles. The van der Waals surface area contributed by atoms with E-state index in [-0.39, 0.29) is 10.8 Å². The van der Waals surface area contributed by atoms with Gasteiger partial charge in [-0.05, 0) is 62.2 Å².